The highest BCUT2D eigenvalue weighted by atomic mass is 16.5. The van der Waals surface area contributed by atoms with Crippen molar-refractivity contribution >= 4 is 5.95 Å². The number of ether oxygens (including phenoxy) is 1. The maximum absolute atomic E-state index is 5.59. The number of hydrogen-bond acceptors (Lipinski definition) is 4. The van der Waals surface area contributed by atoms with Gasteiger partial charge in [-0.3, -0.25) is 0 Å². The van der Waals surface area contributed by atoms with Gasteiger partial charge in [-0.05, 0) is 11.0 Å². The Kier molecular flexibility index (Phi) is 2.20. The lowest BCUT2D eigenvalue weighted by atomic mass is 9.86. The molecule has 1 aromatic heterocycles. The minimum Gasteiger partial charge on any atom is -0.371 e. The highest BCUT2D eigenvalue weighted by Crippen LogP contribution is 2.37. The Hall–Kier alpha value is -1.16. The van der Waals surface area contributed by atoms with Crippen LogP contribution in [0.15, 0.2) is 12.4 Å². The normalized spacial score (nSPS) is 22.2. The van der Waals surface area contributed by atoms with Gasteiger partial charge in [0, 0.05) is 18.8 Å². The summed E-state index contributed by atoms with van der Waals surface area (Å²) in [6.07, 6.45) is 5.06. The van der Waals surface area contributed by atoms with E-state index in [0.717, 1.165) is 25.6 Å². The smallest absolute Gasteiger partial charge is 0.225 e. The van der Waals surface area contributed by atoms with Crippen LogP contribution in [0.5, 0.6) is 0 Å². The lowest BCUT2D eigenvalue weighted by Gasteiger charge is -2.54. The summed E-state index contributed by atoms with van der Waals surface area (Å²) in [5.74, 6) is 0.833. The third-order valence-electron chi connectivity index (χ3n) is 3.71. The van der Waals surface area contributed by atoms with Gasteiger partial charge in [-0.25, -0.2) is 9.97 Å². The van der Waals surface area contributed by atoms with Gasteiger partial charge >= 0.3 is 0 Å². The SMILES string of the molecule is CC(C)(C)c1cnc(N2CC3(CCO3)C2)nc1. The highest BCUT2D eigenvalue weighted by Gasteiger charge is 2.49. The van der Waals surface area contributed by atoms with Gasteiger partial charge in [0.1, 0.15) is 5.60 Å². The molecule has 0 N–H and O–H groups in total. The Bertz CT molecular complexity index is 409. The van der Waals surface area contributed by atoms with Crippen LogP contribution < -0.4 is 4.90 Å². The maximum Gasteiger partial charge on any atom is 0.225 e. The number of anilines is 1. The summed E-state index contributed by atoms with van der Waals surface area (Å²) in [6, 6.07) is 0. The van der Waals surface area contributed by atoms with Gasteiger partial charge in [-0.1, -0.05) is 20.8 Å². The lowest BCUT2D eigenvalue weighted by Crippen LogP contribution is -2.68. The first-order valence-electron chi connectivity index (χ1n) is 6.20. The molecule has 17 heavy (non-hydrogen) atoms. The second kappa shape index (κ2) is 3.42. The van der Waals surface area contributed by atoms with Crippen molar-refractivity contribution < 1.29 is 4.74 Å². The molecule has 0 unspecified atom stereocenters. The third-order valence-corrected chi connectivity index (χ3v) is 3.71. The van der Waals surface area contributed by atoms with E-state index >= 15 is 0 Å². The number of hydrogen-bond donors (Lipinski definition) is 0. The maximum atomic E-state index is 5.59. The van der Waals surface area contributed by atoms with Crippen LogP contribution in [0.2, 0.25) is 0 Å². The average Bonchev–Trinajstić information content (AvgIpc) is 2.12. The molecule has 0 aromatic carbocycles. The fourth-order valence-corrected chi connectivity index (χ4v) is 2.30. The predicted molar refractivity (Wildman–Crippen MR) is 66.2 cm³/mol. The molecule has 4 heteroatoms. The van der Waals surface area contributed by atoms with Crippen molar-refractivity contribution in [1.82, 2.24) is 9.97 Å². The summed E-state index contributed by atoms with van der Waals surface area (Å²) in [6.45, 7) is 9.33. The van der Waals surface area contributed by atoms with Crippen LogP contribution >= 0.6 is 0 Å². The molecule has 2 fully saturated rings. The number of rotatable bonds is 1. The molecule has 4 nitrogen and oxygen atoms in total. The molecule has 2 saturated heterocycles. The molecule has 0 saturated carbocycles. The quantitative estimate of drug-likeness (QED) is 0.740. The average molecular weight is 233 g/mol. The second-order valence-corrected chi connectivity index (χ2v) is 6.16. The second-order valence-electron chi connectivity index (χ2n) is 6.16. The summed E-state index contributed by atoms with van der Waals surface area (Å²) >= 11 is 0. The van der Waals surface area contributed by atoms with E-state index in [4.69, 9.17) is 4.74 Å². The molecule has 0 radical (unpaired) electrons. The first kappa shape index (κ1) is 11.0. The van der Waals surface area contributed by atoms with E-state index in [0.29, 0.717) is 0 Å². The Labute approximate surface area is 102 Å². The van der Waals surface area contributed by atoms with Crippen molar-refractivity contribution in [2.45, 2.75) is 38.2 Å². The van der Waals surface area contributed by atoms with Crippen molar-refractivity contribution in [3.8, 4) is 0 Å². The lowest BCUT2D eigenvalue weighted by molar-refractivity contribution is -0.161. The molecule has 0 bridgehead atoms. The van der Waals surface area contributed by atoms with Crippen molar-refractivity contribution in [2.24, 2.45) is 0 Å². The molecule has 1 aromatic rings. The Morgan fingerprint density at radius 3 is 2.24 bits per heavy atom. The van der Waals surface area contributed by atoms with Crippen LogP contribution in [0.25, 0.3) is 0 Å². The zero-order valence-corrected chi connectivity index (χ0v) is 10.7. The summed E-state index contributed by atoms with van der Waals surface area (Å²) in [5.41, 5.74) is 1.44. The molecule has 92 valence electrons. The third kappa shape index (κ3) is 1.80. The molecule has 0 aliphatic carbocycles. The molecule has 2 aliphatic heterocycles. The van der Waals surface area contributed by atoms with E-state index in [-0.39, 0.29) is 11.0 Å². The zero-order valence-electron chi connectivity index (χ0n) is 10.7. The summed E-state index contributed by atoms with van der Waals surface area (Å²) in [5, 5.41) is 0. The minimum absolute atomic E-state index is 0.117. The van der Waals surface area contributed by atoms with Crippen molar-refractivity contribution in [3.63, 3.8) is 0 Å². The van der Waals surface area contributed by atoms with Crippen molar-refractivity contribution in [1.29, 1.82) is 0 Å². The summed E-state index contributed by atoms with van der Waals surface area (Å²) in [4.78, 5) is 11.1. The highest BCUT2D eigenvalue weighted by molar-refractivity contribution is 5.38. The van der Waals surface area contributed by atoms with E-state index in [2.05, 4.69) is 35.6 Å². The largest absolute Gasteiger partial charge is 0.371 e. The van der Waals surface area contributed by atoms with Gasteiger partial charge in [-0.15, -0.1) is 0 Å². The molecule has 2 aliphatic rings. The molecule has 0 amide bonds. The Morgan fingerprint density at radius 1 is 1.24 bits per heavy atom. The molecule has 3 rings (SSSR count). The van der Waals surface area contributed by atoms with Crippen LogP contribution in [0, 0.1) is 0 Å². The van der Waals surface area contributed by atoms with Crippen LogP contribution in [-0.4, -0.2) is 35.3 Å². The van der Waals surface area contributed by atoms with Crippen LogP contribution in [-0.2, 0) is 10.2 Å². The van der Waals surface area contributed by atoms with Crippen LogP contribution in [0.1, 0.15) is 32.8 Å². The molecular weight excluding hydrogens is 214 g/mol. The van der Waals surface area contributed by atoms with Gasteiger partial charge < -0.3 is 9.64 Å². The summed E-state index contributed by atoms with van der Waals surface area (Å²) < 4.78 is 5.59. The van der Waals surface area contributed by atoms with Gasteiger partial charge in [-0.2, -0.15) is 0 Å². The van der Waals surface area contributed by atoms with Gasteiger partial charge in [0.25, 0.3) is 0 Å². The van der Waals surface area contributed by atoms with Crippen molar-refractivity contribution in [2.75, 3.05) is 24.6 Å². The molecule has 1 spiro atoms. The van der Waals surface area contributed by atoms with E-state index in [9.17, 15) is 0 Å². The zero-order chi connectivity index (χ0) is 12.1. The monoisotopic (exact) mass is 233 g/mol. The molecule has 0 atom stereocenters. The topological polar surface area (TPSA) is 38.2 Å². The van der Waals surface area contributed by atoms with Gasteiger partial charge in [0.2, 0.25) is 5.95 Å². The van der Waals surface area contributed by atoms with Gasteiger partial charge in [0.15, 0.2) is 0 Å². The fraction of sp³-hybridized carbons (Fsp3) is 0.692. The Morgan fingerprint density at radius 2 is 1.82 bits per heavy atom. The standard InChI is InChI=1S/C13H19N3O/c1-12(2,3)10-6-14-11(15-7-10)16-8-13(9-16)4-5-17-13/h6-7H,4-5,8-9H2,1-3H3. The Balaban J connectivity index is 1.69. The number of nitrogens with zero attached hydrogens (tertiary/aromatic N) is 3. The number of aromatic nitrogens is 2. The van der Waals surface area contributed by atoms with E-state index in [1.54, 1.807) is 0 Å². The van der Waals surface area contributed by atoms with Crippen LogP contribution in [0.4, 0.5) is 5.95 Å². The van der Waals surface area contributed by atoms with E-state index in [1.807, 2.05) is 12.4 Å². The van der Waals surface area contributed by atoms with Crippen molar-refractivity contribution in [3.05, 3.63) is 18.0 Å². The first-order chi connectivity index (χ1) is 7.99. The van der Waals surface area contributed by atoms with E-state index < -0.39 is 0 Å². The van der Waals surface area contributed by atoms with Crippen LogP contribution in [0.3, 0.4) is 0 Å². The first-order valence-corrected chi connectivity index (χ1v) is 6.20. The predicted octanol–water partition coefficient (Wildman–Crippen LogP) is 1.75. The fourth-order valence-electron chi connectivity index (χ4n) is 2.30. The van der Waals surface area contributed by atoms with E-state index in [1.165, 1.54) is 12.0 Å². The minimum atomic E-state index is 0.117. The molecular formula is C13H19N3O. The van der Waals surface area contributed by atoms with Gasteiger partial charge in [0.05, 0.1) is 19.7 Å². The molecule has 3 heterocycles. The summed E-state index contributed by atoms with van der Waals surface area (Å²) in [7, 11) is 0.